The lowest BCUT2D eigenvalue weighted by atomic mass is 9.94. The quantitative estimate of drug-likeness (QED) is 0.211. The summed E-state index contributed by atoms with van der Waals surface area (Å²) in [5.41, 5.74) is 2.49. The number of methoxy groups -OCH3 is 2. The van der Waals surface area contributed by atoms with Crippen molar-refractivity contribution in [2.24, 2.45) is 0 Å². The van der Waals surface area contributed by atoms with E-state index in [9.17, 15) is 29.7 Å². The van der Waals surface area contributed by atoms with Gasteiger partial charge in [0, 0.05) is 17.5 Å². The van der Waals surface area contributed by atoms with Gasteiger partial charge in [0.1, 0.15) is 47.7 Å². The van der Waals surface area contributed by atoms with Crippen LogP contribution >= 0.6 is 0 Å². The number of allylic oxidation sites excluding steroid dienone is 2. The second kappa shape index (κ2) is 13.3. The third-order valence-electron chi connectivity index (χ3n) is 7.22. The van der Waals surface area contributed by atoms with Gasteiger partial charge in [0.25, 0.3) is 0 Å². The van der Waals surface area contributed by atoms with Crippen LogP contribution < -0.4 is 14.2 Å². The maximum Gasteiger partial charge on any atom is 0.342 e. The molecule has 0 aliphatic carbocycles. The van der Waals surface area contributed by atoms with Gasteiger partial charge >= 0.3 is 17.9 Å². The van der Waals surface area contributed by atoms with Crippen LogP contribution in [0.2, 0.25) is 0 Å². The van der Waals surface area contributed by atoms with Crippen LogP contribution in [-0.2, 0) is 36.8 Å². The summed E-state index contributed by atoms with van der Waals surface area (Å²) in [7, 11) is 2.53. The van der Waals surface area contributed by atoms with Crippen molar-refractivity contribution in [3.05, 3.63) is 64.2 Å². The molecule has 2 aliphatic rings. The Balaban J connectivity index is 1.62. The molecule has 12 heteroatoms. The first-order valence-corrected chi connectivity index (χ1v) is 13.3. The largest absolute Gasteiger partial charge is 0.496 e. The van der Waals surface area contributed by atoms with E-state index in [0.717, 1.165) is 12.7 Å². The number of rotatable bonds is 10. The van der Waals surface area contributed by atoms with Crippen LogP contribution in [0.4, 0.5) is 0 Å². The maximum absolute atomic E-state index is 12.8. The molecule has 0 radical (unpaired) electrons. The summed E-state index contributed by atoms with van der Waals surface area (Å²) in [5.74, 6) is -1.24. The molecule has 42 heavy (non-hydrogen) atoms. The van der Waals surface area contributed by atoms with Crippen LogP contribution in [0.5, 0.6) is 17.2 Å². The first kappa shape index (κ1) is 31.0. The Bertz CT molecular complexity index is 1350. The fourth-order valence-corrected chi connectivity index (χ4v) is 4.86. The van der Waals surface area contributed by atoms with Gasteiger partial charge in [-0.2, -0.15) is 0 Å². The Morgan fingerprint density at radius 2 is 1.74 bits per heavy atom. The Kier molecular flexibility index (Phi) is 9.84. The number of cyclic esters (lactones) is 1. The van der Waals surface area contributed by atoms with E-state index in [4.69, 9.17) is 23.7 Å². The second-order valence-corrected chi connectivity index (χ2v) is 9.98. The van der Waals surface area contributed by atoms with Gasteiger partial charge in [0.2, 0.25) is 6.29 Å². The zero-order valence-corrected chi connectivity index (χ0v) is 23.7. The van der Waals surface area contributed by atoms with Gasteiger partial charge in [-0.1, -0.05) is 29.8 Å². The number of aliphatic hydroxyl groups excluding tert-OH is 3. The van der Waals surface area contributed by atoms with Gasteiger partial charge in [0.05, 0.1) is 14.2 Å². The number of hydrogen-bond acceptors (Lipinski definition) is 12. The molecule has 0 aromatic heterocycles. The SMILES string of the molecule is COC(=O)[C@H]1O[C@H](Oc2c(C/C=C(\C)CCC(=O)Oc3ccccc3)c(OC)c(C)c3c2C(=O)OC3)[C@H](O)[C@@H](O)[C@@H]1O. The molecule has 1 fully saturated rings. The molecule has 0 bridgehead atoms. The van der Waals surface area contributed by atoms with Gasteiger partial charge in [-0.3, -0.25) is 4.79 Å². The van der Waals surface area contributed by atoms with Crippen molar-refractivity contribution < 1.29 is 58.1 Å². The van der Waals surface area contributed by atoms with Crippen LogP contribution in [0.25, 0.3) is 0 Å². The van der Waals surface area contributed by atoms with E-state index in [1.165, 1.54) is 7.11 Å². The van der Waals surface area contributed by atoms with E-state index in [2.05, 4.69) is 4.74 Å². The lowest BCUT2D eigenvalue weighted by Gasteiger charge is -2.39. The lowest BCUT2D eigenvalue weighted by molar-refractivity contribution is -0.272. The number of para-hydroxylation sites is 1. The number of hydrogen-bond donors (Lipinski definition) is 3. The van der Waals surface area contributed by atoms with Crippen molar-refractivity contribution in [2.45, 2.75) is 70.4 Å². The van der Waals surface area contributed by atoms with Gasteiger partial charge in [-0.25, -0.2) is 9.59 Å². The minimum absolute atomic E-state index is 0.0289. The fourth-order valence-electron chi connectivity index (χ4n) is 4.86. The highest BCUT2D eigenvalue weighted by Gasteiger charge is 2.49. The molecule has 0 unspecified atom stereocenters. The van der Waals surface area contributed by atoms with Crippen molar-refractivity contribution in [1.29, 1.82) is 0 Å². The van der Waals surface area contributed by atoms with Crippen molar-refractivity contribution in [2.75, 3.05) is 14.2 Å². The summed E-state index contributed by atoms with van der Waals surface area (Å²) in [6, 6.07) is 8.74. The second-order valence-electron chi connectivity index (χ2n) is 9.98. The zero-order chi connectivity index (χ0) is 30.6. The number of aliphatic hydroxyl groups is 3. The summed E-state index contributed by atoms with van der Waals surface area (Å²) in [6.07, 6.45) is -6.19. The van der Waals surface area contributed by atoms with E-state index in [0.29, 0.717) is 34.6 Å². The van der Waals surface area contributed by atoms with Crippen LogP contribution in [0.3, 0.4) is 0 Å². The average Bonchev–Trinajstić information content (AvgIpc) is 3.38. The molecule has 0 spiro atoms. The zero-order valence-electron chi connectivity index (χ0n) is 23.7. The van der Waals surface area contributed by atoms with Gasteiger partial charge in [-0.15, -0.1) is 0 Å². The molecular weight excluding hydrogens is 552 g/mol. The summed E-state index contributed by atoms with van der Waals surface area (Å²) >= 11 is 0. The van der Waals surface area contributed by atoms with Crippen LogP contribution in [0.1, 0.15) is 46.8 Å². The van der Waals surface area contributed by atoms with Crippen LogP contribution in [0, 0.1) is 6.92 Å². The summed E-state index contributed by atoms with van der Waals surface area (Å²) in [6.45, 7) is 3.57. The Hall–Kier alpha value is -3.97. The number of benzene rings is 2. The summed E-state index contributed by atoms with van der Waals surface area (Å²) in [5, 5.41) is 31.3. The predicted molar refractivity (Wildman–Crippen MR) is 145 cm³/mol. The highest BCUT2D eigenvalue weighted by atomic mass is 16.7. The monoisotopic (exact) mass is 586 g/mol. The van der Waals surface area contributed by atoms with Crippen LogP contribution in [0.15, 0.2) is 42.0 Å². The molecule has 3 N–H and O–H groups in total. The van der Waals surface area contributed by atoms with Gasteiger partial charge < -0.3 is 43.7 Å². The van der Waals surface area contributed by atoms with Crippen molar-refractivity contribution in [3.8, 4) is 17.2 Å². The number of carbonyl (C=O) groups excluding carboxylic acids is 3. The fraction of sp³-hybridized carbons (Fsp3) is 0.433. The minimum Gasteiger partial charge on any atom is -0.496 e. The van der Waals surface area contributed by atoms with Crippen molar-refractivity contribution in [3.63, 3.8) is 0 Å². The van der Waals surface area contributed by atoms with E-state index >= 15 is 0 Å². The van der Waals surface area contributed by atoms with Crippen molar-refractivity contribution in [1.82, 2.24) is 0 Å². The molecule has 0 amide bonds. The molecule has 2 aliphatic heterocycles. The molecule has 226 valence electrons. The lowest BCUT2D eigenvalue weighted by Crippen LogP contribution is -2.61. The van der Waals surface area contributed by atoms with Gasteiger partial charge in [0.15, 0.2) is 6.10 Å². The first-order valence-electron chi connectivity index (χ1n) is 13.3. The Morgan fingerprint density at radius 1 is 1.02 bits per heavy atom. The third kappa shape index (κ3) is 6.41. The Labute approximate surface area is 242 Å². The maximum atomic E-state index is 12.8. The smallest absolute Gasteiger partial charge is 0.342 e. The number of carbonyl (C=O) groups is 3. The molecule has 1 saturated heterocycles. The summed E-state index contributed by atoms with van der Waals surface area (Å²) < 4.78 is 32.5. The number of esters is 3. The highest BCUT2D eigenvalue weighted by Crippen LogP contribution is 2.44. The molecular formula is C30H34O12. The molecule has 4 rings (SSSR count). The minimum atomic E-state index is -1.82. The average molecular weight is 587 g/mol. The van der Waals surface area contributed by atoms with E-state index in [1.54, 1.807) is 31.2 Å². The van der Waals surface area contributed by atoms with E-state index in [1.807, 2.05) is 19.1 Å². The number of ether oxygens (including phenoxy) is 6. The molecule has 5 atom stereocenters. The molecule has 0 saturated carbocycles. The van der Waals surface area contributed by atoms with E-state index < -0.39 is 48.6 Å². The molecule has 2 heterocycles. The molecule has 2 aromatic carbocycles. The summed E-state index contributed by atoms with van der Waals surface area (Å²) in [4.78, 5) is 37.3. The normalized spacial score (nSPS) is 23.5. The third-order valence-corrected chi connectivity index (χ3v) is 7.22. The standard InChI is InChI=1S/C30H34O12/c1-15(11-13-20(31)40-17-8-6-5-7-9-17)10-12-18-25(37-3)16(2)19-14-39-28(35)21(19)26(18)41-30-24(34)22(32)23(33)27(42-30)29(36)38-4/h5-10,22-24,27,30,32-34H,11-14H2,1-4H3/b15-10+/t22-,23-,24+,27-,30-/m0/s1. The predicted octanol–water partition coefficient (Wildman–Crippen LogP) is 1.91. The first-order chi connectivity index (χ1) is 20.1. The highest BCUT2D eigenvalue weighted by molar-refractivity contribution is 5.98. The topological polar surface area (TPSA) is 167 Å². The van der Waals surface area contributed by atoms with E-state index in [-0.39, 0.29) is 30.8 Å². The molecule has 2 aromatic rings. The number of fused-ring (bicyclic) bond motifs is 1. The van der Waals surface area contributed by atoms with Gasteiger partial charge in [-0.05, 0) is 44.4 Å². The van der Waals surface area contributed by atoms with Crippen molar-refractivity contribution >= 4 is 17.9 Å². The molecule has 12 nitrogen and oxygen atoms in total. The van der Waals surface area contributed by atoms with Crippen LogP contribution in [-0.4, -0.2) is 78.2 Å². The Morgan fingerprint density at radius 3 is 2.40 bits per heavy atom.